The lowest BCUT2D eigenvalue weighted by Crippen LogP contribution is -2.20. The quantitative estimate of drug-likeness (QED) is 0.502. The van der Waals surface area contributed by atoms with Gasteiger partial charge in [0.05, 0.1) is 10.5 Å². The van der Waals surface area contributed by atoms with Crippen molar-refractivity contribution in [3.05, 3.63) is 64.2 Å². The van der Waals surface area contributed by atoms with Crippen molar-refractivity contribution in [2.24, 2.45) is 0 Å². The number of hydrogen-bond donors (Lipinski definition) is 2. The molecule has 0 aliphatic carbocycles. The third kappa shape index (κ3) is 2.43. The molecule has 2 rings (SSSR count). The van der Waals surface area contributed by atoms with Gasteiger partial charge in [0.1, 0.15) is 5.56 Å². The lowest BCUT2D eigenvalue weighted by atomic mass is 10.00. The van der Waals surface area contributed by atoms with Crippen LogP contribution in [-0.4, -0.2) is 16.0 Å². The number of rotatable bonds is 3. The standard InChI is InChI=1S/C13H10N2O4/c16-13(14-17)11-8-4-7-10(12(11)15(18)19)9-5-2-1-3-6-9/h1-8,17H,(H,14,16). The van der Waals surface area contributed by atoms with E-state index in [-0.39, 0.29) is 11.3 Å². The molecule has 0 heterocycles. The van der Waals surface area contributed by atoms with Gasteiger partial charge in [-0.1, -0.05) is 36.4 Å². The van der Waals surface area contributed by atoms with Crippen LogP contribution < -0.4 is 5.48 Å². The van der Waals surface area contributed by atoms with E-state index >= 15 is 0 Å². The molecule has 19 heavy (non-hydrogen) atoms. The molecule has 0 radical (unpaired) electrons. The molecule has 1 amide bonds. The van der Waals surface area contributed by atoms with Gasteiger partial charge in [-0.2, -0.15) is 0 Å². The van der Waals surface area contributed by atoms with Gasteiger partial charge in [-0.15, -0.1) is 0 Å². The summed E-state index contributed by atoms with van der Waals surface area (Å²) < 4.78 is 0. The number of hydroxylamine groups is 1. The summed E-state index contributed by atoms with van der Waals surface area (Å²) in [6.45, 7) is 0. The van der Waals surface area contributed by atoms with E-state index < -0.39 is 10.8 Å². The van der Waals surface area contributed by atoms with Gasteiger partial charge in [0, 0.05) is 0 Å². The lowest BCUT2D eigenvalue weighted by molar-refractivity contribution is -0.384. The highest BCUT2D eigenvalue weighted by Gasteiger charge is 2.24. The van der Waals surface area contributed by atoms with Crippen molar-refractivity contribution in [1.29, 1.82) is 0 Å². The van der Waals surface area contributed by atoms with Gasteiger partial charge >= 0.3 is 0 Å². The first kappa shape index (κ1) is 12.7. The van der Waals surface area contributed by atoms with E-state index in [0.29, 0.717) is 11.1 Å². The predicted molar refractivity (Wildman–Crippen MR) is 67.8 cm³/mol. The highest BCUT2D eigenvalue weighted by Crippen LogP contribution is 2.32. The molecule has 0 fully saturated rings. The molecule has 2 N–H and O–H groups in total. The molecule has 0 spiro atoms. The van der Waals surface area contributed by atoms with E-state index in [9.17, 15) is 14.9 Å². The van der Waals surface area contributed by atoms with E-state index in [1.807, 2.05) is 0 Å². The van der Waals surface area contributed by atoms with Crippen molar-refractivity contribution in [2.75, 3.05) is 0 Å². The van der Waals surface area contributed by atoms with Crippen molar-refractivity contribution < 1.29 is 14.9 Å². The van der Waals surface area contributed by atoms with Crippen molar-refractivity contribution in [3.8, 4) is 11.1 Å². The van der Waals surface area contributed by atoms with Crippen LogP contribution >= 0.6 is 0 Å². The number of para-hydroxylation sites is 1. The van der Waals surface area contributed by atoms with Crippen LogP contribution in [0.4, 0.5) is 5.69 Å². The van der Waals surface area contributed by atoms with Crippen LogP contribution in [0.3, 0.4) is 0 Å². The molecule has 0 aromatic heterocycles. The molecule has 2 aromatic carbocycles. The first-order chi connectivity index (χ1) is 9.15. The van der Waals surface area contributed by atoms with Gasteiger partial charge in [0.25, 0.3) is 11.6 Å². The molecule has 0 bridgehead atoms. The van der Waals surface area contributed by atoms with Crippen LogP contribution in [0.5, 0.6) is 0 Å². The minimum Gasteiger partial charge on any atom is -0.288 e. The molecular formula is C13H10N2O4. The molecule has 0 aliphatic rings. The maximum Gasteiger partial charge on any atom is 0.289 e. The Morgan fingerprint density at radius 2 is 1.79 bits per heavy atom. The van der Waals surface area contributed by atoms with Crippen molar-refractivity contribution in [3.63, 3.8) is 0 Å². The highest BCUT2D eigenvalue weighted by atomic mass is 16.6. The second-order valence-corrected chi connectivity index (χ2v) is 3.77. The monoisotopic (exact) mass is 258 g/mol. The Morgan fingerprint density at radius 3 is 2.37 bits per heavy atom. The first-order valence-corrected chi connectivity index (χ1v) is 5.42. The number of hydrogen-bond acceptors (Lipinski definition) is 4. The van der Waals surface area contributed by atoms with Gasteiger partial charge in [-0.05, 0) is 17.7 Å². The van der Waals surface area contributed by atoms with Crippen molar-refractivity contribution in [1.82, 2.24) is 5.48 Å². The Bertz CT molecular complexity index is 626. The summed E-state index contributed by atoms with van der Waals surface area (Å²) in [5.41, 5.74) is 1.84. The van der Waals surface area contributed by atoms with E-state index in [1.54, 1.807) is 36.4 Å². The fraction of sp³-hybridized carbons (Fsp3) is 0. The largest absolute Gasteiger partial charge is 0.289 e. The number of carbonyl (C=O) groups excluding carboxylic acids is 1. The van der Waals surface area contributed by atoms with Gasteiger partial charge in [0.15, 0.2) is 0 Å². The summed E-state index contributed by atoms with van der Waals surface area (Å²) in [7, 11) is 0. The third-order valence-corrected chi connectivity index (χ3v) is 2.65. The Hall–Kier alpha value is -2.73. The van der Waals surface area contributed by atoms with E-state index in [4.69, 9.17) is 5.21 Å². The van der Waals surface area contributed by atoms with Crippen LogP contribution in [0, 0.1) is 10.1 Å². The average molecular weight is 258 g/mol. The zero-order valence-corrected chi connectivity index (χ0v) is 9.74. The SMILES string of the molecule is O=C(NO)c1cccc(-c2ccccc2)c1[N+](=O)[O-]. The van der Waals surface area contributed by atoms with Crippen molar-refractivity contribution >= 4 is 11.6 Å². The maximum absolute atomic E-state index is 11.5. The number of nitro groups is 1. The smallest absolute Gasteiger partial charge is 0.288 e. The fourth-order valence-electron chi connectivity index (χ4n) is 1.83. The first-order valence-electron chi connectivity index (χ1n) is 5.42. The summed E-state index contributed by atoms with van der Waals surface area (Å²) in [5, 5.41) is 19.8. The van der Waals surface area contributed by atoms with Crippen molar-refractivity contribution in [2.45, 2.75) is 0 Å². The molecule has 6 heteroatoms. The summed E-state index contributed by atoms with van der Waals surface area (Å²) >= 11 is 0. The van der Waals surface area contributed by atoms with Gasteiger partial charge < -0.3 is 0 Å². The number of nitro benzene ring substituents is 1. The lowest BCUT2D eigenvalue weighted by Gasteiger charge is -2.06. The number of nitrogens with zero attached hydrogens (tertiary/aromatic N) is 1. The number of benzene rings is 2. The third-order valence-electron chi connectivity index (χ3n) is 2.65. The summed E-state index contributed by atoms with van der Waals surface area (Å²) in [6, 6.07) is 13.1. The number of carbonyl (C=O) groups is 1. The van der Waals surface area contributed by atoms with E-state index in [2.05, 4.69) is 0 Å². The Morgan fingerprint density at radius 1 is 1.11 bits per heavy atom. The van der Waals surface area contributed by atoms with Gasteiger partial charge in [-0.3, -0.25) is 20.1 Å². The predicted octanol–water partition coefficient (Wildman–Crippen LogP) is 2.38. The van der Waals surface area contributed by atoms with Crippen LogP contribution in [-0.2, 0) is 0 Å². The normalized spacial score (nSPS) is 9.95. The van der Waals surface area contributed by atoms with Crippen LogP contribution in [0.2, 0.25) is 0 Å². The summed E-state index contributed by atoms with van der Waals surface area (Å²) in [4.78, 5) is 22.0. The summed E-state index contributed by atoms with van der Waals surface area (Å²) in [6.07, 6.45) is 0. The van der Waals surface area contributed by atoms with Gasteiger partial charge in [0.2, 0.25) is 0 Å². The molecular weight excluding hydrogens is 248 g/mol. The fourth-order valence-corrected chi connectivity index (χ4v) is 1.83. The summed E-state index contributed by atoms with van der Waals surface area (Å²) in [5.74, 6) is -0.913. The zero-order chi connectivity index (χ0) is 13.8. The Labute approximate surface area is 108 Å². The maximum atomic E-state index is 11.5. The Kier molecular flexibility index (Phi) is 3.53. The molecule has 0 saturated heterocycles. The van der Waals surface area contributed by atoms with Gasteiger partial charge in [-0.25, -0.2) is 5.48 Å². The minimum absolute atomic E-state index is 0.186. The van der Waals surface area contributed by atoms with Crippen LogP contribution in [0.25, 0.3) is 11.1 Å². The second-order valence-electron chi connectivity index (χ2n) is 3.77. The molecule has 2 aromatic rings. The minimum atomic E-state index is -0.913. The highest BCUT2D eigenvalue weighted by molar-refractivity contribution is 6.00. The molecule has 0 atom stereocenters. The zero-order valence-electron chi connectivity index (χ0n) is 9.74. The average Bonchev–Trinajstić information content (AvgIpc) is 2.46. The van der Waals surface area contributed by atoms with E-state index in [1.165, 1.54) is 17.6 Å². The molecule has 0 saturated carbocycles. The molecule has 0 aliphatic heterocycles. The van der Waals surface area contributed by atoms with Crippen LogP contribution in [0.15, 0.2) is 48.5 Å². The van der Waals surface area contributed by atoms with E-state index in [0.717, 1.165) is 0 Å². The number of amides is 1. The topological polar surface area (TPSA) is 92.5 Å². The number of nitrogens with one attached hydrogen (secondary N) is 1. The molecule has 96 valence electrons. The molecule has 0 unspecified atom stereocenters. The van der Waals surface area contributed by atoms with Crippen LogP contribution in [0.1, 0.15) is 10.4 Å². The Balaban J connectivity index is 2.69. The molecule has 6 nitrogen and oxygen atoms in total. The second kappa shape index (κ2) is 5.28.